The van der Waals surface area contributed by atoms with Crippen LogP contribution in [-0.4, -0.2) is 39.7 Å². The second-order valence-electron chi connectivity index (χ2n) is 6.38. The fraction of sp³-hybridized carbons (Fsp3) is 0.333. The Balaban J connectivity index is 1.85. The van der Waals surface area contributed by atoms with Crippen LogP contribution < -0.4 is 24.4 Å². The van der Waals surface area contributed by atoms with Gasteiger partial charge in [0, 0.05) is 24.7 Å². The van der Waals surface area contributed by atoms with Crippen molar-refractivity contribution in [2.24, 2.45) is 0 Å². The van der Waals surface area contributed by atoms with Gasteiger partial charge in [0.15, 0.2) is 11.5 Å². The molecule has 1 aliphatic heterocycles. The number of nitrogens with one attached hydrogen (secondary N) is 1. The largest absolute Gasteiger partial charge is 0.494 e. The van der Waals surface area contributed by atoms with Crippen molar-refractivity contribution in [3.8, 4) is 17.2 Å². The molecule has 1 N–H and O–H groups in total. The Morgan fingerprint density at radius 3 is 2.46 bits per heavy atom. The Kier molecular flexibility index (Phi) is 6.03. The number of anilines is 2. The van der Waals surface area contributed by atoms with E-state index in [1.165, 1.54) is 14.2 Å². The molecule has 2 aromatic carbocycles. The van der Waals surface area contributed by atoms with Crippen LogP contribution >= 0.6 is 0 Å². The maximum absolute atomic E-state index is 12.7. The molecule has 0 radical (unpaired) electrons. The average molecular weight is 384 g/mol. The maximum Gasteiger partial charge on any atom is 0.259 e. The summed E-state index contributed by atoms with van der Waals surface area (Å²) in [6.45, 7) is 0.669. The van der Waals surface area contributed by atoms with E-state index in [4.69, 9.17) is 14.2 Å². The quantitative estimate of drug-likeness (QED) is 0.825. The lowest BCUT2D eigenvalue weighted by molar-refractivity contribution is -0.119. The van der Waals surface area contributed by atoms with Crippen LogP contribution in [0, 0.1) is 0 Å². The maximum atomic E-state index is 12.7. The van der Waals surface area contributed by atoms with Crippen molar-refractivity contribution in [2.45, 2.75) is 19.3 Å². The van der Waals surface area contributed by atoms with Gasteiger partial charge in [-0.15, -0.1) is 0 Å². The van der Waals surface area contributed by atoms with E-state index in [0.29, 0.717) is 47.2 Å². The van der Waals surface area contributed by atoms with Gasteiger partial charge in [-0.3, -0.25) is 9.59 Å². The summed E-state index contributed by atoms with van der Waals surface area (Å²) in [6.07, 6.45) is 2.41. The molecule has 1 heterocycles. The summed E-state index contributed by atoms with van der Waals surface area (Å²) in [7, 11) is 4.55. The zero-order valence-electron chi connectivity index (χ0n) is 16.3. The van der Waals surface area contributed by atoms with Crippen molar-refractivity contribution in [3.05, 3.63) is 42.0 Å². The normalized spacial score (nSPS) is 13.8. The first-order chi connectivity index (χ1) is 13.6. The predicted octanol–water partition coefficient (Wildman–Crippen LogP) is 3.48. The molecular weight excluding hydrogens is 360 g/mol. The standard InChI is InChI=1S/C21H24N2O5/c1-26-17-8-6-7-15(20(17)28-3)21(25)22-14-10-11-16(18(13-14)27-2)23-12-5-4-9-19(23)24/h6-8,10-11,13H,4-5,9,12H2,1-3H3,(H,22,25). The number of para-hydroxylation sites is 1. The molecule has 0 spiro atoms. The molecular formula is C21H24N2O5. The third kappa shape index (κ3) is 3.88. The molecule has 0 aromatic heterocycles. The lowest BCUT2D eigenvalue weighted by Crippen LogP contribution is -2.35. The monoisotopic (exact) mass is 384 g/mol. The van der Waals surface area contributed by atoms with Crippen LogP contribution in [0.2, 0.25) is 0 Å². The molecule has 0 unspecified atom stereocenters. The first kappa shape index (κ1) is 19.5. The van der Waals surface area contributed by atoms with E-state index in [2.05, 4.69) is 5.32 Å². The van der Waals surface area contributed by atoms with Gasteiger partial charge in [-0.1, -0.05) is 6.07 Å². The van der Waals surface area contributed by atoms with E-state index in [-0.39, 0.29) is 11.8 Å². The Hall–Kier alpha value is -3.22. The first-order valence-electron chi connectivity index (χ1n) is 9.09. The number of piperidine rings is 1. The number of nitrogens with zero attached hydrogens (tertiary/aromatic N) is 1. The summed E-state index contributed by atoms with van der Waals surface area (Å²) < 4.78 is 16.0. The predicted molar refractivity (Wildman–Crippen MR) is 107 cm³/mol. The fourth-order valence-corrected chi connectivity index (χ4v) is 3.30. The third-order valence-electron chi connectivity index (χ3n) is 4.70. The Morgan fingerprint density at radius 1 is 1.00 bits per heavy atom. The molecule has 1 aliphatic rings. The van der Waals surface area contributed by atoms with Crippen molar-refractivity contribution < 1.29 is 23.8 Å². The average Bonchev–Trinajstić information content (AvgIpc) is 2.73. The molecule has 7 nitrogen and oxygen atoms in total. The van der Waals surface area contributed by atoms with Crippen LogP contribution in [0.15, 0.2) is 36.4 Å². The molecule has 1 fully saturated rings. The van der Waals surface area contributed by atoms with Gasteiger partial charge in [-0.05, 0) is 37.1 Å². The molecule has 28 heavy (non-hydrogen) atoms. The number of benzene rings is 2. The molecule has 7 heteroatoms. The minimum Gasteiger partial charge on any atom is -0.494 e. The molecule has 3 rings (SSSR count). The van der Waals surface area contributed by atoms with Gasteiger partial charge in [0.05, 0.1) is 32.6 Å². The molecule has 148 valence electrons. The van der Waals surface area contributed by atoms with Crippen LogP contribution in [0.4, 0.5) is 11.4 Å². The lowest BCUT2D eigenvalue weighted by atomic mass is 10.1. The number of carbonyl (C=O) groups is 2. The number of ether oxygens (including phenoxy) is 3. The molecule has 0 atom stereocenters. The Morgan fingerprint density at radius 2 is 1.79 bits per heavy atom. The zero-order chi connectivity index (χ0) is 20.1. The lowest BCUT2D eigenvalue weighted by Gasteiger charge is -2.28. The van der Waals surface area contributed by atoms with Crippen LogP contribution in [0.1, 0.15) is 29.6 Å². The topological polar surface area (TPSA) is 77.1 Å². The van der Waals surface area contributed by atoms with Crippen molar-refractivity contribution in [1.82, 2.24) is 0 Å². The van der Waals surface area contributed by atoms with Gasteiger partial charge in [-0.2, -0.15) is 0 Å². The van der Waals surface area contributed by atoms with Gasteiger partial charge in [-0.25, -0.2) is 0 Å². The number of methoxy groups -OCH3 is 3. The van der Waals surface area contributed by atoms with Crippen LogP contribution in [0.25, 0.3) is 0 Å². The highest BCUT2D eigenvalue weighted by Gasteiger charge is 2.23. The summed E-state index contributed by atoms with van der Waals surface area (Å²) >= 11 is 0. The van der Waals surface area contributed by atoms with Gasteiger partial charge in [0.1, 0.15) is 5.75 Å². The SMILES string of the molecule is COc1cc(NC(=O)c2cccc(OC)c2OC)ccc1N1CCCCC1=O. The van der Waals surface area contributed by atoms with E-state index in [1.807, 2.05) is 0 Å². The summed E-state index contributed by atoms with van der Waals surface area (Å²) in [5.41, 5.74) is 1.63. The first-order valence-corrected chi connectivity index (χ1v) is 9.09. The van der Waals surface area contributed by atoms with E-state index in [0.717, 1.165) is 12.8 Å². The minimum atomic E-state index is -0.334. The number of rotatable bonds is 6. The highest BCUT2D eigenvalue weighted by Crippen LogP contribution is 2.35. The number of hydrogen-bond donors (Lipinski definition) is 1. The molecule has 2 amide bonds. The van der Waals surface area contributed by atoms with Gasteiger partial charge < -0.3 is 24.4 Å². The second-order valence-corrected chi connectivity index (χ2v) is 6.38. The van der Waals surface area contributed by atoms with Gasteiger partial charge in [0.25, 0.3) is 5.91 Å². The highest BCUT2D eigenvalue weighted by molar-refractivity contribution is 6.07. The van der Waals surface area contributed by atoms with E-state index < -0.39 is 0 Å². The van der Waals surface area contributed by atoms with Crippen molar-refractivity contribution in [3.63, 3.8) is 0 Å². The number of amides is 2. The van der Waals surface area contributed by atoms with E-state index in [1.54, 1.807) is 48.4 Å². The van der Waals surface area contributed by atoms with Gasteiger partial charge >= 0.3 is 0 Å². The summed E-state index contributed by atoms with van der Waals surface area (Å²) in [6, 6.07) is 10.4. The summed E-state index contributed by atoms with van der Waals surface area (Å²) in [4.78, 5) is 26.7. The number of hydrogen-bond acceptors (Lipinski definition) is 5. The van der Waals surface area contributed by atoms with Crippen LogP contribution in [-0.2, 0) is 4.79 Å². The molecule has 0 saturated carbocycles. The van der Waals surface area contributed by atoms with Crippen molar-refractivity contribution in [1.29, 1.82) is 0 Å². The molecule has 1 saturated heterocycles. The smallest absolute Gasteiger partial charge is 0.259 e. The van der Waals surface area contributed by atoms with Gasteiger partial charge in [0.2, 0.25) is 5.91 Å². The Labute approximate surface area is 164 Å². The molecule has 0 aliphatic carbocycles. The van der Waals surface area contributed by atoms with E-state index >= 15 is 0 Å². The Bertz CT molecular complexity index is 881. The molecule has 0 bridgehead atoms. The summed E-state index contributed by atoms with van der Waals surface area (Å²) in [5.74, 6) is 1.13. The van der Waals surface area contributed by atoms with Crippen molar-refractivity contribution in [2.75, 3.05) is 38.1 Å². The van der Waals surface area contributed by atoms with Crippen LogP contribution in [0.5, 0.6) is 17.2 Å². The minimum absolute atomic E-state index is 0.0856. The molecule has 2 aromatic rings. The second kappa shape index (κ2) is 8.65. The van der Waals surface area contributed by atoms with Crippen LogP contribution in [0.3, 0.4) is 0 Å². The van der Waals surface area contributed by atoms with Crippen molar-refractivity contribution >= 4 is 23.2 Å². The summed E-state index contributed by atoms with van der Waals surface area (Å²) in [5, 5.41) is 2.84. The number of carbonyl (C=O) groups excluding carboxylic acids is 2. The fourth-order valence-electron chi connectivity index (χ4n) is 3.30. The third-order valence-corrected chi connectivity index (χ3v) is 4.70. The van der Waals surface area contributed by atoms with E-state index in [9.17, 15) is 9.59 Å². The zero-order valence-corrected chi connectivity index (χ0v) is 16.3. The highest BCUT2D eigenvalue weighted by atomic mass is 16.5.